The van der Waals surface area contributed by atoms with Crippen LogP contribution in [0.2, 0.25) is 0 Å². The third-order valence-corrected chi connectivity index (χ3v) is 9.94. The molecular weight excluding hydrogens is 509 g/mol. The fourth-order valence-electron chi connectivity index (χ4n) is 5.79. The first-order chi connectivity index (χ1) is 18.5. The summed E-state index contributed by atoms with van der Waals surface area (Å²) in [6.07, 6.45) is 6.61. The lowest BCUT2D eigenvalue weighted by atomic mass is 9.63. The van der Waals surface area contributed by atoms with Crippen molar-refractivity contribution in [2.75, 3.05) is 20.6 Å². The number of aliphatic imine (C=N–C) groups is 1. The minimum atomic E-state index is -0.0397. The third kappa shape index (κ3) is 5.49. The van der Waals surface area contributed by atoms with Gasteiger partial charge in [0.25, 0.3) is 0 Å². The molecule has 5 rings (SSSR count). The second kappa shape index (κ2) is 11.7. The molecule has 1 aromatic carbocycles. The van der Waals surface area contributed by atoms with Crippen molar-refractivity contribution in [1.82, 2.24) is 10.6 Å². The van der Waals surface area contributed by atoms with Crippen LogP contribution in [0.15, 0.2) is 47.5 Å². The number of carbonyl (C=O) groups is 1. The number of benzene rings is 1. The van der Waals surface area contributed by atoms with Crippen molar-refractivity contribution in [2.45, 2.75) is 26.3 Å². The van der Waals surface area contributed by atoms with Crippen LogP contribution in [0, 0.1) is 35.5 Å². The van der Waals surface area contributed by atoms with E-state index in [2.05, 4.69) is 76.0 Å². The number of nitrogens with one attached hydrogen (secondary N) is 2. The molecule has 3 aromatic rings. The van der Waals surface area contributed by atoms with Crippen LogP contribution in [0.3, 0.4) is 0 Å². The van der Waals surface area contributed by atoms with Gasteiger partial charge < -0.3 is 16.4 Å². The number of Topliss-reactive ketones (excluding diaryl/α,β-unsaturated/α-hetero) is 1. The van der Waals surface area contributed by atoms with E-state index in [1.807, 2.05) is 20.0 Å². The van der Waals surface area contributed by atoms with Crippen molar-refractivity contribution in [1.29, 1.82) is 0 Å². The normalized spacial score (nSPS) is 22.2. The van der Waals surface area contributed by atoms with Gasteiger partial charge in [-0.3, -0.25) is 9.79 Å². The molecule has 2 aliphatic rings. The van der Waals surface area contributed by atoms with E-state index in [1.54, 1.807) is 29.7 Å². The number of thiophene rings is 2. The lowest BCUT2D eigenvalue weighted by Crippen LogP contribution is -2.47. The van der Waals surface area contributed by atoms with Crippen LogP contribution < -0.4 is 26.8 Å². The molecule has 0 amide bonds. The average molecular weight is 543 g/mol. The molecule has 196 valence electrons. The molecule has 7 heteroatoms. The molecule has 0 bridgehead atoms. The van der Waals surface area contributed by atoms with Gasteiger partial charge in [0.2, 0.25) is 0 Å². The van der Waals surface area contributed by atoms with Crippen LogP contribution in [-0.2, 0) is 6.54 Å². The highest BCUT2D eigenvalue weighted by molar-refractivity contribution is 7.23. The van der Waals surface area contributed by atoms with E-state index in [9.17, 15) is 4.79 Å². The Kier molecular flexibility index (Phi) is 8.13. The van der Waals surface area contributed by atoms with Gasteiger partial charge in [-0.2, -0.15) is 0 Å². The highest BCUT2D eigenvalue weighted by atomic mass is 32.1. The number of rotatable bonds is 7. The molecule has 1 fully saturated rings. The number of fused-ring (bicyclic) bond motifs is 2. The van der Waals surface area contributed by atoms with Gasteiger partial charge in [0.15, 0.2) is 11.7 Å². The molecular formula is C31H34N4OS2. The van der Waals surface area contributed by atoms with Crippen molar-refractivity contribution in [3.8, 4) is 21.6 Å². The average Bonchev–Trinajstić information content (AvgIpc) is 3.60. The molecule has 2 aromatic heterocycles. The van der Waals surface area contributed by atoms with Crippen molar-refractivity contribution in [3.63, 3.8) is 0 Å². The Morgan fingerprint density at radius 2 is 1.84 bits per heavy atom. The van der Waals surface area contributed by atoms with Gasteiger partial charge >= 0.3 is 0 Å². The second-order valence-electron chi connectivity index (χ2n) is 9.98. The van der Waals surface area contributed by atoms with Crippen LogP contribution in [-0.4, -0.2) is 32.4 Å². The summed E-state index contributed by atoms with van der Waals surface area (Å²) in [5.74, 6) is 7.58. The van der Waals surface area contributed by atoms with Crippen LogP contribution in [0.25, 0.3) is 21.9 Å². The highest BCUT2D eigenvalue weighted by Crippen LogP contribution is 2.44. The summed E-state index contributed by atoms with van der Waals surface area (Å²) >= 11 is 3.29. The van der Waals surface area contributed by atoms with Crippen molar-refractivity contribution < 1.29 is 4.79 Å². The maximum atomic E-state index is 14.0. The Labute approximate surface area is 232 Å². The smallest absolute Gasteiger partial charge is 0.188 e. The van der Waals surface area contributed by atoms with Crippen molar-refractivity contribution >= 4 is 46.6 Å². The zero-order valence-electron chi connectivity index (χ0n) is 22.1. The number of guanidine groups is 1. The maximum Gasteiger partial charge on any atom is 0.188 e. The molecule has 2 aliphatic carbocycles. The molecule has 5 nitrogen and oxygen atoms in total. The van der Waals surface area contributed by atoms with Gasteiger partial charge in [0.05, 0.1) is 9.75 Å². The first-order valence-electron chi connectivity index (χ1n) is 13.1. The predicted molar refractivity (Wildman–Crippen MR) is 161 cm³/mol. The Balaban J connectivity index is 1.46. The van der Waals surface area contributed by atoms with E-state index in [4.69, 9.17) is 5.73 Å². The Bertz CT molecular complexity index is 1540. The van der Waals surface area contributed by atoms with Crippen LogP contribution in [0.1, 0.15) is 39.9 Å². The first kappa shape index (κ1) is 26.4. The topological polar surface area (TPSA) is 79.5 Å². The molecule has 0 radical (unpaired) electrons. The lowest BCUT2D eigenvalue weighted by molar-refractivity contribution is 0.0799. The molecule has 38 heavy (non-hydrogen) atoms. The van der Waals surface area contributed by atoms with Gasteiger partial charge in [0, 0.05) is 35.8 Å². The van der Waals surface area contributed by atoms with Gasteiger partial charge in [-0.25, -0.2) is 0 Å². The Morgan fingerprint density at radius 1 is 1.05 bits per heavy atom. The molecule has 0 aliphatic heterocycles. The van der Waals surface area contributed by atoms with E-state index >= 15 is 0 Å². The predicted octanol–water partition coefficient (Wildman–Crippen LogP) is 3.82. The van der Waals surface area contributed by atoms with Crippen LogP contribution in [0.4, 0.5) is 0 Å². The van der Waals surface area contributed by atoms with Gasteiger partial charge in [-0.15, -0.1) is 28.6 Å². The quantitative estimate of drug-likeness (QED) is 0.184. The SMILES string of the molecule is CC#Cc1ccc(-c2ccc(C(=O)[C@@H]3CC[C@@H](CNC(N)=NC)[C@H]4C=c5ccc(CNC)cc5=C[C@H]43)s2)s1. The summed E-state index contributed by atoms with van der Waals surface area (Å²) < 4.78 is 0. The number of hydrogen-bond acceptors (Lipinski definition) is 5. The lowest BCUT2D eigenvalue weighted by Gasteiger charge is -2.41. The largest absolute Gasteiger partial charge is 0.370 e. The summed E-state index contributed by atoms with van der Waals surface area (Å²) in [6, 6.07) is 14.9. The van der Waals surface area contributed by atoms with E-state index in [1.165, 1.54) is 16.0 Å². The summed E-state index contributed by atoms with van der Waals surface area (Å²) in [6.45, 7) is 3.44. The van der Waals surface area contributed by atoms with Gasteiger partial charge in [-0.1, -0.05) is 36.3 Å². The molecule has 0 spiro atoms. The van der Waals surface area contributed by atoms with E-state index in [0.717, 1.165) is 45.4 Å². The molecule has 4 atom stereocenters. The van der Waals surface area contributed by atoms with Crippen LogP contribution in [0.5, 0.6) is 0 Å². The minimum absolute atomic E-state index is 0.0397. The third-order valence-electron chi connectivity index (χ3n) is 7.65. The van der Waals surface area contributed by atoms with Crippen molar-refractivity contribution in [3.05, 3.63) is 68.2 Å². The number of nitrogens with zero attached hydrogens (tertiary/aromatic N) is 1. The highest BCUT2D eigenvalue weighted by Gasteiger charge is 2.41. The first-order valence-corrected chi connectivity index (χ1v) is 14.7. The standard InChI is InChI=1S/C31H34N4OS2/c1-4-5-23-9-11-27(37-23)28-12-13-29(38-28)30(36)24-10-8-21(18-35-31(32)34-3)25-15-20-7-6-19(17-33-2)14-22(20)16-26(24)25/h6-7,9,11-16,21,24-26,33H,8,10,17-18H2,1-3H3,(H3,32,34,35)/t21-,24+,25+,26-/m0/s1. The Morgan fingerprint density at radius 3 is 2.63 bits per heavy atom. The summed E-state index contributed by atoms with van der Waals surface area (Å²) in [5, 5.41) is 9.02. The van der Waals surface area contributed by atoms with Crippen LogP contribution >= 0.6 is 22.7 Å². The molecule has 1 saturated carbocycles. The fraction of sp³-hybridized carbons (Fsp3) is 0.355. The maximum absolute atomic E-state index is 14.0. The number of ketones is 1. The zero-order valence-corrected chi connectivity index (χ0v) is 23.7. The van der Waals surface area contributed by atoms with E-state index in [0.29, 0.717) is 11.9 Å². The fourth-order valence-corrected chi connectivity index (χ4v) is 7.80. The summed E-state index contributed by atoms with van der Waals surface area (Å²) in [4.78, 5) is 22.3. The van der Waals surface area contributed by atoms with E-state index in [-0.39, 0.29) is 23.5 Å². The molecule has 2 heterocycles. The van der Waals surface area contributed by atoms with Gasteiger partial charge in [-0.05, 0) is 84.8 Å². The zero-order chi connectivity index (χ0) is 26.6. The van der Waals surface area contributed by atoms with Crippen molar-refractivity contribution in [2.24, 2.45) is 34.4 Å². The minimum Gasteiger partial charge on any atom is -0.370 e. The Hall–Kier alpha value is -3.18. The molecule has 0 saturated heterocycles. The number of nitrogens with two attached hydrogens (primary N) is 1. The second-order valence-corrected chi connectivity index (χ2v) is 12.1. The van der Waals surface area contributed by atoms with Gasteiger partial charge in [0.1, 0.15) is 0 Å². The van der Waals surface area contributed by atoms with E-state index < -0.39 is 0 Å². The summed E-state index contributed by atoms with van der Waals surface area (Å²) in [7, 11) is 3.66. The number of carbonyl (C=O) groups excluding carboxylic acids is 1. The number of hydrogen-bond donors (Lipinski definition) is 3. The monoisotopic (exact) mass is 542 g/mol. The molecule has 0 unspecified atom stereocenters. The summed E-state index contributed by atoms with van der Waals surface area (Å²) in [5.41, 5.74) is 7.21. The molecule has 4 N–H and O–H groups in total.